The molecule has 5 heterocycles. The van der Waals surface area contributed by atoms with Crippen molar-refractivity contribution in [3.05, 3.63) is 60.3 Å². The van der Waals surface area contributed by atoms with Crippen LogP contribution in [0.25, 0.3) is 16.9 Å². The summed E-state index contributed by atoms with van der Waals surface area (Å²) < 4.78 is 1.94. The van der Waals surface area contributed by atoms with Gasteiger partial charge in [0.2, 0.25) is 5.95 Å². The molecule has 0 radical (unpaired) electrons. The first-order valence-corrected chi connectivity index (χ1v) is 9.75. The van der Waals surface area contributed by atoms with Gasteiger partial charge in [0.25, 0.3) is 0 Å². The summed E-state index contributed by atoms with van der Waals surface area (Å²) in [5.41, 5.74) is 4.84. The number of nitrogens with zero attached hydrogens (tertiary/aromatic N) is 8. The van der Waals surface area contributed by atoms with Gasteiger partial charge in [-0.05, 0) is 32.0 Å². The van der Waals surface area contributed by atoms with Crippen molar-refractivity contribution in [2.24, 2.45) is 0 Å². The van der Waals surface area contributed by atoms with Gasteiger partial charge in [0.15, 0.2) is 5.65 Å². The fourth-order valence-corrected chi connectivity index (χ4v) is 3.74. The Morgan fingerprint density at radius 3 is 2.34 bits per heavy atom. The van der Waals surface area contributed by atoms with Crippen molar-refractivity contribution in [2.75, 3.05) is 36.0 Å². The van der Waals surface area contributed by atoms with Crippen molar-refractivity contribution in [3.8, 4) is 11.3 Å². The van der Waals surface area contributed by atoms with Crippen LogP contribution < -0.4 is 9.80 Å². The molecular formula is C21H22N8. The zero-order valence-corrected chi connectivity index (χ0v) is 16.5. The van der Waals surface area contributed by atoms with Gasteiger partial charge in [-0.15, -0.1) is 0 Å². The van der Waals surface area contributed by atoms with Gasteiger partial charge in [0, 0.05) is 68.2 Å². The molecule has 0 N–H and O–H groups in total. The van der Waals surface area contributed by atoms with Crippen LogP contribution in [0.5, 0.6) is 0 Å². The van der Waals surface area contributed by atoms with E-state index in [-0.39, 0.29) is 0 Å². The molecule has 146 valence electrons. The van der Waals surface area contributed by atoms with Gasteiger partial charge in [0.1, 0.15) is 5.82 Å². The number of aromatic nitrogens is 6. The van der Waals surface area contributed by atoms with E-state index in [1.165, 1.54) is 0 Å². The molecule has 0 saturated carbocycles. The van der Waals surface area contributed by atoms with Crippen molar-refractivity contribution < 1.29 is 0 Å². The molecule has 8 heteroatoms. The number of fused-ring (bicyclic) bond motifs is 1. The van der Waals surface area contributed by atoms with Crippen molar-refractivity contribution in [1.82, 2.24) is 29.5 Å². The summed E-state index contributed by atoms with van der Waals surface area (Å²) in [6.45, 7) is 7.48. The standard InChI is InChI=1S/C21H22N8/c1-15-14-20(29-19(24-15)13-16(2)26-29)27-9-11-28(12-10-27)21-23-8-5-18(25-21)17-3-6-22-7-4-17/h3-8,13-14H,9-12H2,1-2H3. The fourth-order valence-electron chi connectivity index (χ4n) is 3.74. The van der Waals surface area contributed by atoms with Gasteiger partial charge in [-0.1, -0.05) is 0 Å². The lowest BCUT2D eigenvalue weighted by Gasteiger charge is -2.36. The average Bonchev–Trinajstić information content (AvgIpc) is 3.14. The summed E-state index contributed by atoms with van der Waals surface area (Å²) in [5.74, 6) is 1.86. The summed E-state index contributed by atoms with van der Waals surface area (Å²) in [5, 5.41) is 4.62. The first-order valence-electron chi connectivity index (χ1n) is 9.75. The Hall–Kier alpha value is -3.55. The number of pyridine rings is 1. The molecule has 1 aliphatic rings. The first-order chi connectivity index (χ1) is 14.2. The Morgan fingerprint density at radius 1 is 0.793 bits per heavy atom. The lowest BCUT2D eigenvalue weighted by atomic mass is 10.2. The van der Waals surface area contributed by atoms with Crippen LogP contribution in [-0.4, -0.2) is 55.7 Å². The molecular weight excluding hydrogens is 364 g/mol. The normalized spacial score (nSPS) is 14.6. The molecule has 0 aliphatic carbocycles. The third-order valence-electron chi connectivity index (χ3n) is 5.16. The van der Waals surface area contributed by atoms with Gasteiger partial charge in [-0.25, -0.2) is 15.0 Å². The van der Waals surface area contributed by atoms with Gasteiger partial charge >= 0.3 is 0 Å². The number of anilines is 2. The van der Waals surface area contributed by atoms with Crippen LogP contribution in [0.1, 0.15) is 11.4 Å². The van der Waals surface area contributed by atoms with E-state index in [9.17, 15) is 0 Å². The van der Waals surface area contributed by atoms with E-state index >= 15 is 0 Å². The molecule has 29 heavy (non-hydrogen) atoms. The van der Waals surface area contributed by atoms with Crippen molar-refractivity contribution in [1.29, 1.82) is 0 Å². The minimum atomic E-state index is 0.768. The number of rotatable bonds is 3. The highest BCUT2D eigenvalue weighted by atomic mass is 15.4. The molecule has 4 aromatic rings. The largest absolute Gasteiger partial charge is 0.353 e. The average molecular weight is 386 g/mol. The lowest BCUT2D eigenvalue weighted by molar-refractivity contribution is 0.626. The van der Waals surface area contributed by atoms with Gasteiger partial charge in [-0.2, -0.15) is 9.61 Å². The molecule has 1 saturated heterocycles. The van der Waals surface area contributed by atoms with E-state index < -0.39 is 0 Å². The van der Waals surface area contributed by atoms with E-state index in [1.54, 1.807) is 12.4 Å². The van der Waals surface area contributed by atoms with E-state index in [2.05, 4.69) is 35.9 Å². The third kappa shape index (κ3) is 3.37. The number of aryl methyl sites for hydroxylation is 2. The summed E-state index contributed by atoms with van der Waals surface area (Å²) >= 11 is 0. The van der Waals surface area contributed by atoms with E-state index in [1.807, 2.05) is 48.8 Å². The second kappa shape index (κ2) is 7.12. The van der Waals surface area contributed by atoms with E-state index in [0.717, 1.165) is 66.2 Å². The quantitative estimate of drug-likeness (QED) is 0.535. The van der Waals surface area contributed by atoms with E-state index in [4.69, 9.17) is 4.98 Å². The van der Waals surface area contributed by atoms with Crippen LogP contribution in [0.4, 0.5) is 11.8 Å². The van der Waals surface area contributed by atoms with Crippen molar-refractivity contribution in [3.63, 3.8) is 0 Å². The summed E-state index contributed by atoms with van der Waals surface area (Å²) in [7, 11) is 0. The first kappa shape index (κ1) is 17.5. The molecule has 1 fully saturated rings. The monoisotopic (exact) mass is 386 g/mol. The molecule has 1 aliphatic heterocycles. The van der Waals surface area contributed by atoms with Crippen LogP contribution in [0.15, 0.2) is 48.9 Å². The van der Waals surface area contributed by atoms with Crippen molar-refractivity contribution >= 4 is 17.4 Å². The molecule has 5 rings (SSSR count). The maximum absolute atomic E-state index is 4.77. The third-order valence-corrected chi connectivity index (χ3v) is 5.16. The molecule has 0 aromatic carbocycles. The summed E-state index contributed by atoms with van der Waals surface area (Å²) in [4.78, 5) is 22.5. The molecule has 0 amide bonds. The Labute approximate surface area is 168 Å². The smallest absolute Gasteiger partial charge is 0.225 e. The molecule has 0 atom stereocenters. The molecule has 4 aromatic heterocycles. The number of hydrogen-bond acceptors (Lipinski definition) is 7. The summed E-state index contributed by atoms with van der Waals surface area (Å²) in [6, 6.07) is 9.99. The molecule has 0 spiro atoms. The lowest BCUT2D eigenvalue weighted by Crippen LogP contribution is -2.47. The van der Waals surface area contributed by atoms with Crippen LogP contribution in [0.2, 0.25) is 0 Å². The Morgan fingerprint density at radius 2 is 1.55 bits per heavy atom. The summed E-state index contributed by atoms with van der Waals surface area (Å²) in [6.07, 6.45) is 5.39. The highest BCUT2D eigenvalue weighted by Gasteiger charge is 2.22. The Balaban J connectivity index is 1.36. The van der Waals surface area contributed by atoms with E-state index in [0.29, 0.717) is 0 Å². The van der Waals surface area contributed by atoms with Gasteiger partial charge in [-0.3, -0.25) is 4.98 Å². The fraction of sp³-hybridized carbons (Fsp3) is 0.286. The van der Waals surface area contributed by atoms with Crippen molar-refractivity contribution in [2.45, 2.75) is 13.8 Å². The minimum Gasteiger partial charge on any atom is -0.353 e. The highest BCUT2D eigenvalue weighted by Crippen LogP contribution is 2.22. The Bertz CT molecular complexity index is 1150. The van der Waals surface area contributed by atoms with Crippen LogP contribution in [0, 0.1) is 13.8 Å². The maximum atomic E-state index is 4.77. The minimum absolute atomic E-state index is 0.768. The highest BCUT2D eigenvalue weighted by molar-refractivity contribution is 5.59. The zero-order valence-electron chi connectivity index (χ0n) is 16.5. The van der Waals surface area contributed by atoms with Crippen LogP contribution in [-0.2, 0) is 0 Å². The van der Waals surface area contributed by atoms with Gasteiger partial charge < -0.3 is 9.80 Å². The predicted molar refractivity (Wildman–Crippen MR) is 112 cm³/mol. The number of hydrogen-bond donors (Lipinski definition) is 0. The Kier molecular flexibility index (Phi) is 4.31. The zero-order chi connectivity index (χ0) is 19.8. The predicted octanol–water partition coefficient (Wildman–Crippen LogP) is 2.52. The molecule has 8 nitrogen and oxygen atoms in total. The molecule has 0 unspecified atom stereocenters. The second-order valence-electron chi connectivity index (χ2n) is 7.26. The SMILES string of the molecule is Cc1cc(N2CCN(c3nccc(-c4ccncc4)n3)CC2)n2nc(C)cc2n1. The topological polar surface area (TPSA) is 75.3 Å². The van der Waals surface area contributed by atoms with Gasteiger partial charge in [0.05, 0.1) is 11.4 Å². The van der Waals surface area contributed by atoms with Crippen LogP contribution >= 0.6 is 0 Å². The maximum Gasteiger partial charge on any atom is 0.225 e. The molecule has 0 bridgehead atoms. The second-order valence-corrected chi connectivity index (χ2v) is 7.26. The van der Waals surface area contributed by atoms with Crippen LogP contribution in [0.3, 0.4) is 0 Å². The number of piperazine rings is 1.